The molecule has 1 N–H and O–H groups in total. The van der Waals surface area contributed by atoms with Crippen molar-refractivity contribution >= 4 is 5.82 Å². The summed E-state index contributed by atoms with van der Waals surface area (Å²) in [6, 6.07) is 11.1. The van der Waals surface area contributed by atoms with Gasteiger partial charge in [0, 0.05) is 31.9 Å². The lowest BCUT2D eigenvalue weighted by atomic mass is 9.95. The predicted octanol–water partition coefficient (Wildman–Crippen LogP) is 4.18. The van der Waals surface area contributed by atoms with Crippen molar-refractivity contribution in [2.45, 2.75) is 46.3 Å². The smallest absolute Gasteiger partial charge is 0.161 e. The zero-order valence-corrected chi connectivity index (χ0v) is 17.0. The van der Waals surface area contributed by atoms with E-state index >= 15 is 0 Å². The van der Waals surface area contributed by atoms with Gasteiger partial charge in [-0.1, -0.05) is 26.0 Å². The topological polar surface area (TPSA) is 46.6 Å². The maximum atomic E-state index is 5.74. The van der Waals surface area contributed by atoms with E-state index in [-0.39, 0.29) is 6.04 Å². The second kappa shape index (κ2) is 8.61. The summed E-state index contributed by atoms with van der Waals surface area (Å²) in [5.74, 6) is 3.13. The molecule has 27 heavy (non-hydrogen) atoms. The first-order chi connectivity index (χ1) is 13.0. The van der Waals surface area contributed by atoms with Crippen molar-refractivity contribution in [1.29, 1.82) is 0 Å². The first kappa shape index (κ1) is 19.5. The highest BCUT2D eigenvalue weighted by atomic mass is 16.6. The molecule has 1 aliphatic heterocycles. The van der Waals surface area contributed by atoms with Crippen molar-refractivity contribution in [2.75, 3.05) is 25.2 Å². The molecule has 0 radical (unpaired) electrons. The van der Waals surface area contributed by atoms with Gasteiger partial charge in [-0.3, -0.25) is 0 Å². The van der Waals surface area contributed by atoms with Crippen LogP contribution in [-0.2, 0) is 6.54 Å². The van der Waals surface area contributed by atoms with Crippen LogP contribution in [0.1, 0.15) is 44.9 Å². The quantitative estimate of drug-likeness (QED) is 0.793. The summed E-state index contributed by atoms with van der Waals surface area (Å²) in [7, 11) is 2.07. The lowest BCUT2D eigenvalue weighted by Gasteiger charge is -2.26. The zero-order chi connectivity index (χ0) is 19.4. The molecule has 1 unspecified atom stereocenters. The highest BCUT2D eigenvalue weighted by molar-refractivity contribution is 5.45. The Morgan fingerprint density at radius 2 is 1.78 bits per heavy atom. The number of benzene rings is 1. The fraction of sp³-hybridized carbons (Fsp3) is 0.500. The number of fused-ring (bicyclic) bond motifs is 1. The van der Waals surface area contributed by atoms with Crippen LogP contribution in [0.3, 0.4) is 0 Å². The van der Waals surface area contributed by atoms with Crippen LogP contribution in [0.4, 0.5) is 5.82 Å². The Labute approximate surface area is 162 Å². The average Bonchev–Trinajstić information content (AvgIpc) is 2.67. The Morgan fingerprint density at radius 1 is 1.04 bits per heavy atom. The van der Waals surface area contributed by atoms with Gasteiger partial charge in [0.25, 0.3) is 0 Å². The molecule has 1 aliphatic rings. The molecular weight excluding hydrogens is 338 g/mol. The van der Waals surface area contributed by atoms with E-state index < -0.39 is 0 Å². The molecule has 0 bridgehead atoms. The molecule has 0 spiro atoms. The van der Waals surface area contributed by atoms with E-state index in [1.165, 1.54) is 11.1 Å². The molecule has 0 fully saturated rings. The summed E-state index contributed by atoms with van der Waals surface area (Å²) in [4.78, 5) is 6.77. The van der Waals surface area contributed by atoms with Crippen molar-refractivity contribution in [3.8, 4) is 11.5 Å². The first-order valence-corrected chi connectivity index (χ1v) is 9.76. The van der Waals surface area contributed by atoms with Crippen LogP contribution in [0.15, 0.2) is 36.5 Å². The summed E-state index contributed by atoms with van der Waals surface area (Å²) in [6.07, 6.45) is 1.96. The Hall–Kier alpha value is -2.27. The van der Waals surface area contributed by atoms with E-state index in [9.17, 15) is 0 Å². The van der Waals surface area contributed by atoms with E-state index in [0.29, 0.717) is 25.2 Å². The van der Waals surface area contributed by atoms with Gasteiger partial charge >= 0.3 is 0 Å². The second-order valence-corrected chi connectivity index (χ2v) is 7.73. The van der Waals surface area contributed by atoms with Gasteiger partial charge in [-0.05, 0) is 49.1 Å². The predicted molar refractivity (Wildman–Crippen MR) is 110 cm³/mol. The summed E-state index contributed by atoms with van der Waals surface area (Å²) in [5, 5.41) is 3.68. The van der Waals surface area contributed by atoms with E-state index in [4.69, 9.17) is 9.47 Å². The molecule has 1 aromatic carbocycles. The highest BCUT2D eigenvalue weighted by Gasteiger charge is 2.19. The minimum absolute atomic E-state index is 0.235. The van der Waals surface area contributed by atoms with Gasteiger partial charge in [0.2, 0.25) is 0 Å². The van der Waals surface area contributed by atoms with Gasteiger partial charge in [-0.25, -0.2) is 4.98 Å². The largest absolute Gasteiger partial charge is 0.486 e. The van der Waals surface area contributed by atoms with E-state index in [1.807, 2.05) is 12.3 Å². The number of nitrogens with one attached hydrogen (secondary N) is 1. The molecule has 1 atom stereocenters. The number of hydrogen-bond donors (Lipinski definition) is 1. The molecule has 0 saturated heterocycles. The van der Waals surface area contributed by atoms with Gasteiger partial charge in [-0.2, -0.15) is 0 Å². The summed E-state index contributed by atoms with van der Waals surface area (Å²) in [5.41, 5.74) is 2.40. The Bertz CT molecular complexity index is 744. The van der Waals surface area contributed by atoms with Gasteiger partial charge in [0.15, 0.2) is 11.5 Å². The molecule has 2 aromatic rings. The fourth-order valence-electron chi connectivity index (χ4n) is 3.21. The Balaban J connectivity index is 1.68. The summed E-state index contributed by atoms with van der Waals surface area (Å²) in [6.45, 7) is 10.8. The van der Waals surface area contributed by atoms with Crippen molar-refractivity contribution in [3.05, 3.63) is 47.7 Å². The average molecular weight is 370 g/mol. The van der Waals surface area contributed by atoms with Gasteiger partial charge in [0.1, 0.15) is 19.0 Å². The minimum Gasteiger partial charge on any atom is -0.486 e. The normalized spacial score (nSPS) is 14.5. The molecule has 2 heterocycles. The maximum absolute atomic E-state index is 5.74. The number of ether oxygens (including phenoxy) is 2. The number of pyridine rings is 1. The van der Waals surface area contributed by atoms with Crippen LogP contribution >= 0.6 is 0 Å². The fourth-order valence-corrected chi connectivity index (χ4v) is 3.21. The Kier molecular flexibility index (Phi) is 6.22. The van der Waals surface area contributed by atoms with Gasteiger partial charge < -0.3 is 19.7 Å². The highest BCUT2D eigenvalue weighted by Crippen LogP contribution is 2.34. The third kappa shape index (κ3) is 4.72. The third-order valence-electron chi connectivity index (χ3n) is 5.06. The Morgan fingerprint density at radius 3 is 2.41 bits per heavy atom. The SMILES string of the molecule is CC(C)C(NCc1ccc(N(C)C(C)C)nc1)c1ccc2c(c1)OCCO2. The molecule has 0 aliphatic carbocycles. The van der Waals surface area contributed by atoms with Crippen LogP contribution in [0.2, 0.25) is 0 Å². The lowest BCUT2D eigenvalue weighted by molar-refractivity contribution is 0.171. The lowest BCUT2D eigenvalue weighted by Crippen LogP contribution is -2.27. The van der Waals surface area contributed by atoms with Crippen LogP contribution < -0.4 is 19.7 Å². The van der Waals surface area contributed by atoms with Crippen LogP contribution in [-0.4, -0.2) is 31.3 Å². The van der Waals surface area contributed by atoms with Crippen LogP contribution in [0.25, 0.3) is 0 Å². The second-order valence-electron chi connectivity index (χ2n) is 7.73. The van der Waals surface area contributed by atoms with Crippen LogP contribution in [0.5, 0.6) is 11.5 Å². The van der Waals surface area contributed by atoms with Crippen molar-refractivity contribution in [1.82, 2.24) is 10.3 Å². The summed E-state index contributed by atoms with van der Waals surface area (Å²) < 4.78 is 11.4. The van der Waals surface area contributed by atoms with E-state index in [1.54, 1.807) is 0 Å². The standard InChI is InChI=1S/C22H31N3O2/c1-15(2)22(18-7-8-19-20(12-18)27-11-10-26-19)24-14-17-6-9-21(23-13-17)25(5)16(3)4/h6-9,12-13,15-16,22,24H,10-11,14H2,1-5H3. The maximum Gasteiger partial charge on any atom is 0.161 e. The molecule has 5 nitrogen and oxygen atoms in total. The molecule has 3 rings (SSSR count). The van der Waals surface area contributed by atoms with Crippen molar-refractivity contribution < 1.29 is 9.47 Å². The minimum atomic E-state index is 0.235. The number of nitrogens with zero attached hydrogens (tertiary/aromatic N) is 2. The van der Waals surface area contributed by atoms with Crippen molar-refractivity contribution in [3.63, 3.8) is 0 Å². The molecule has 0 saturated carbocycles. The van der Waals surface area contributed by atoms with E-state index in [0.717, 1.165) is 23.9 Å². The number of anilines is 1. The molecule has 0 amide bonds. The van der Waals surface area contributed by atoms with E-state index in [2.05, 4.69) is 74.2 Å². The summed E-state index contributed by atoms with van der Waals surface area (Å²) >= 11 is 0. The van der Waals surface area contributed by atoms with Gasteiger partial charge in [0.05, 0.1) is 0 Å². The number of aromatic nitrogens is 1. The van der Waals surface area contributed by atoms with Crippen LogP contribution in [0, 0.1) is 5.92 Å². The molecule has 146 valence electrons. The zero-order valence-electron chi connectivity index (χ0n) is 17.0. The molecular formula is C22H31N3O2. The number of rotatable bonds is 7. The van der Waals surface area contributed by atoms with Crippen molar-refractivity contribution in [2.24, 2.45) is 5.92 Å². The van der Waals surface area contributed by atoms with Gasteiger partial charge in [-0.15, -0.1) is 0 Å². The molecule has 5 heteroatoms. The molecule has 1 aromatic heterocycles. The third-order valence-corrected chi connectivity index (χ3v) is 5.06. The number of hydrogen-bond acceptors (Lipinski definition) is 5. The monoisotopic (exact) mass is 369 g/mol. The first-order valence-electron chi connectivity index (χ1n) is 9.76.